The number of rotatable bonds is 3. The molecule has 2 aliphatic rings. The number of aromatic nitrogens is 2. The molecule has 8 heteroatoms. The monoisotopic (exact) mass is 378 g/mol. The number of hydrazine groups is 1. The number of alkyl halides is 3. The Labute approximate surface area is 153 Å². The zero-order valence-electron chi connectivity index (χ0n) is 14.9. The normalized spacial score (nSPS) is 17.7. The molecule has 1 aliphatic carbocycles. The van der Waals surface area contributed by atoms with Crippen LogP contribution in [0.15, 0.2) is 18.2 Å². The minimum atomic E-state index is -4.58. The van der Waals surface area contributed by atoms with E-state index >= 15 is 0 Å². The molecule has 1 atom stereocenters. The van der Waals surface area contributed by atoms with Crippen LogP contribution in [0.4, 0.5) is 23.4 Å². The van der Waals surface area contributed by atoms with Crippen LogP contribution in [0.1, 0.15) is 42.8 Å². The molecule has 1 fully saturated rings. The smallest absolute Gasteiger partial charge is 0.299 e. The molecule has 0 spiro atoms. The molecule has 0 radical (unpaired) electrons. The van der Waals surface area contributed by atoms with Gasteiger partial charge in [-0.1, -0.05) is 12.6 Å². The minimum Gasteiger partial charge on any atom is -0.299 e. The van der Waals surface area contributed by atoms with Gasteiger partial charge in [-0.2, -0.15) is 13.2 Å². The number of benzene rings is 1. The number of aryl methyl sites for hydroxylation is 1. The summed E-state index contributed by atoms with van der Waals surface area (Å²) in [6.45, 7) is 7.46. The van der Waals surface area contributed by atoms with Crippen molar-refractivity contribution in [3.63, 3.8) is 0 Å². The highest BCUT2D eigenvalue weighted by molar-refractivity contribution is 5.64. The fourth-order valence-corrected chi connectivity index (χ4v) is 3.43. The highest BCUT2D eigenvalue weighted by Gasteiger charge is 2.37. The van der Waals surface area contributed by atoms with Gasteiger partial charge in [-0.15, -0.1) is 0 Å². The van der Waals surface area contributed by atoms with Gasteiger partial charge >= 0.3 is 6.18 Å². The Morgan fingerprint density at radius 2 is 1.96 bits per heavy atom. The Kier molecular flexibility index (Phi) is 3.90. The SMILES string of the molecule is C=c1nc(C)nc2c1=C(C1CC1)NN2C(C)c1ccc(C(F)(F)F)cc1F. The second-order valence-corrected chi connectivity index (χ2v) is 7.00. The van der Waals surface area contributed by atoms with Gasteiger partial charge in [0, 0.05) is 17.2 Å². The van der Waals surface area contributed by atoms with Crippen LogP contribution in [0.2, 0.25) is 0 Å². The third-order valence-corrected chi connectivity index (χ3v) is 4.97. The summed E-state index contributed by atoms with van der Waals surface area (Å²) in [6.07, 6.45) is -2.51. The van der Waals surface area contributed by atoms with Gasteiger partial charge in [-0.25, -0.2) is 14.4 Å². The van der Waals surface area contributed by atoms with Crippen molar-refractivity contribution in [1.82, 2.24) is 15.4 Å². The van der Waals surface area contributed by atoms with E-state index in [-0.39, 0.29) is 5.56 Å². The average Bonchev–Trinajstić information content (AvgIpc) is 3.34. The van der Waals surface area contributed by atoms with Crippen LogP contribution in [-0.2, 0) is 6.18 Å². The Bertz CT molecular complexity index is 1030. The van der Waals surface area contributed by atoms with Crippen molar-refractivity contribution in [2.45, 2.75) is 38.9 Å². The number of fused-ring (bicyclic) bond motifs is 1. The van der Waals surface area contributed by atoms with Gasteiger partial charge in [0.25, 0.3) is 0 Å². The summed E-state index contributed by atoms with van der Waals surface area (Å²) >= 11 is 0. The molecule has 1 unspecified atom stereocenters. The van der Waals surface area contributed by atoms with E-state index in [2.05, 4.69) is 22.0 Å². The molecule has 1 saturated carbocycles. The highest BCUT2D eigenvalue weighted by atomic mass is 19.4. The molecule has 27 heavy (non-hydrogen) atoms. The fraction of sp³-hybridized carbons (Fsp3) is 0.368. The zero-order valence-corrected chi connectivity index (χ0v) is 14.9. The quantitative estimate of drug-likeness (QED) is 0.834. The lowest BCUT2D eigenvalue weighted by molar-refractivity contribution is -0.137. The van der Waals surface area contributed by atoms with E-state index in [4.69, 9.17) is 0 Å². The molecule has 142 valence electrons. The summed E-state index contributed by atoms with van der Waals surface area (Å²) in [5, 5.41) is 3.09. The van der Waals surface area contributed by atoms with Crippen molar-refractivity contribution < 1.29 is 17.6 Å². The highest BCUT2D eigenvalue weighted by Crippen LogP contribution is 2.39. The molecule has 0 amide bonds. The molecule has 1 N–H and O–H groups in total. The van der Waals surface area contributed by atoms with Crippen LogP contribution < -0.4 is 21.0 Å². The zero-order chi connectivity index (χ0) is 19.5. The van der Waals surface area contributed by atoms with E-state index in [1.54, 1.807) is 18.9 Å². The van der Waals surface area contributed by atoms with Crippen molar-refractivity contribution >= 4 is 18.1 Å². The number of nitrogens with zero attached hydrogens (tertiary/aromatic N) is 3. The molecular formula is C19H18F4N4. The van der Waals surface area contributed by atoms with Crippen molar-refractivity contribution in [2.75, 3.05) is 5.01 Å². The van der Waals surface area contributed by atoms with Crippen LogP contribution in [0.5, 0.6) is 0 Å². The van der Waals surface area contributed by atoms with Gasteiger partial charge in [0.05, 0.1) is 22.2 Å². The standard InChI is InChI=1S/C19H18F4N4/c1-9-16-17(12-4-5-12)26-27(18(16)25-11(3)24-9)10(2)14-7-6-13(8-15(14)20)19(21,22)23/h6-8,10,12,26H,1,4-5H2,2-3H3. The molecule has 2 heterocycles. The molecule has 1 aliphatic heterocycles. The van der Waals surface area contributed by atoms with E-state index in [9.17, 15) is 17.6 Å². The maximum Gasteiger partial charge on any atom is 0.416 e. The van der Waals surface area contributed by atoms with Crippen molar-refractivity contribution in [3.05, 3.63) is 51.5 Å². The van der Waals surface area contributed by atoms with E-state index < -0.39 is 23.6 Å². The predicted octanol–water partition coefficient (Wildman–Crippen LogP) is 2.96. The summed E-state index contributed by atoms with van der Waals surface area (Å²) in [7, 11) is 0. The Balaban J connectivity index is 1.75. The third kappa shape index (κ3) is 3.02. The summed E-state index contributed by atoms with van der Waals surface area (Å²) in [6, 6.07) is 2.04. The van der Waals surface area contributed by atoms with Crippen LogP contribution in [0, 0.1) is 18.7 Å². The number of anilines is 1. The lowest BCUT2D eigenvalue weighted by Crippen LogP contribution is -2.37. The van der Waals surface area contributed by atoms with Gasteiger partial charge in [0.1, 0.15) is 11.6 Å². The summed E-state index contributed by atoms with van der Waals surface area (Å²) < 4.78 is 52.9. The Morgan fingerprint density at radius 1 is 1.26 bits per heavy atom. The van der Waals surface area contributed by atoms with Gasteiger partial charge in [0.2, 0.25) is 0 Å². The summed E-state index contributed by atoms with van der Waals surface area (Å²) in [4.78, 5) is 8.80. The summed E-state index contributed by atoms with van der Waals surface area (Å²) in [5.41, 5.74) is 3.38. The first-order valence-corrected chi connectivity index (χ1v) is 8.67. The van der Waals surface area contributed by atoms with Gasteiger partial charge in [-0.3, -0.25) is 10.4 Å². The van der Waals surface area contributed by atoms with E-state index in [0.29, 0.717) is 29.0 Å². The third-order valence-electron chi connectivity index (χ3n) is 4.97. The minimum absolute atomic E-state index is 0.153. The van der Waals surface area contributed by atoms with E-state index in [1.807, 2.05) is 0 Å². The molecule has 2 aromatic rings. The second kappa shape index (κ2) is 5.94. The molecule has 4 rings (SSSR count). The average molecular weight is 378 g/mol. The largest absolute Gasteiger partial charge is 0.416 e. The maximum absolute atomic E-state index is 14.5. The van der Waals surface area contributed by atoms with E-state index in [1.165, 1.54) is 6.07 Å². The molecule has 0 saturated heterocycles. The molecule has 4 nitrogen and oxygen atoms in total. The van der Waals surface area contributed by atoms with Crippen molar-refractivity contribution in [2.24, 2.45) is 5.92 Å². The van der Waals surface area contributed by atoms with Gasteiger partial charge < -0.3 is 0 Å². The first-order valence-electron chi connectivity index (χ1n) is 8.67. The molecule has 0 bridgehead atoms. The number of nitrogens with one attached hydrogen (secondary N) is 1. The topological polar surface area (TPSA) is 41.1 Å². The van der Waals surface area contributed by atoms with Crippen LogP contribution in [0.3, 0.4) is 0 Å². The lowest BCUT2D eigenvalue weighted by atomic mass is 10.0. The Morgan fingerprint density at radius 3 is 2.56 bits per heavy atom. The summed E-state index contributed by atoms with van der Waals surface area (Å²) in [5.74, 6) is 0.565. The first kappa shape index (κ1) is 17.8. The van der Waals surface area contributed by atoms with Crippen molar-refractivity contribution in [1.29, 1.82) is 0 Å². The van der Waals surface area contributed by atoms with Crippen LogP contribution in [0.25, 0.3) is 12.3 Å². The maximum atomic E-state index is 14.5. The number of hydrogen-bond donors (Lipinski definition) is 1. The molecule has 1 aromatic carbocycles. The molecular weight excluding hydrogens is 360 g/mol. The van der Waals surface area contributed by atoms with Gasteiger partial charge in [0.15, 0.2) is 5.82 Å². The molecule has 1 aromatic heterocycles. The Hall–Kier alpha value is -2.64. The van der Waals surface area contributed by atoms with Crippen LogP contribution in [-0.4, -0.2) is 9.97 Å². The predicted molar refractivity (Wildman–Crippen MR) is 93.1 cm³/mol. The second-order valence-electron chi connectivity index (χ2n) is 7.00. The van der Waals surface area contributed by atoms with Crippen LogP contribution >= 0.6 is 0 Å². The number of hydrogen-bond acceptors (Lipinski definition) is 4. The number of halogens is 4. The van der Waals surface area contributed by atoms with Crippen molar-refractivity contribution in [3.8, 4) is 0 Å². The fourth-order valence-electron chi connectivity index (χ4n) is 3.43. The van der Waals surface area contributed by atoms with E-state index in [0.717, 1.165) is 29.8 Å². The first-order chi connectivity index (χ1) is 12.7. The lowest BCUT2D eigenvalue weighted by Gasteiger charge is -2.28. The van der Waals surface area contributed by atoms with Gasteiger partial charge in [-0.05, 0) is 38.8 Å².